The topological polar surface area (TPSA) is 43.1 Å². The van der Waals surface area contributed by atoms with E-state index < -0.39 is 6.04 Å². The van der Waals surface area contributed by atoms with Gasteiger partial charge in [-0.2, -0.15) is 0 Å². The summed E-state index contributed by atoms with van der Waals surface area (Å²) < 4.78 is 13.3. The van der Waals surface area contributed by atoms with Crippen LogP contribution in [0.3, 0.4) is 0 Å². The molecule has 0 aliphatic carbocycles. The van der Waals surface area contributed by atoms with Gasteiger partial charge in [-0.1, -0.05) is 19.1 Å². The second-order valence-corrected chi connectivity index (χ2v) is 3.25. The van der Waals surface area contributed by atoms with Crippen LogP contribution in [0, 0.1) is 5.82 Å². The summed E-state index contributed by atoms with van der Waals surface area (Å²) in [5, 5.41) is 0. The normalized spacial score (nSPS) is 12.6. The van der Waals surface area contributed by atoms with Crippen LogP contribution in [0.1, 0.15) is 31.0 Å². The Morgan fingerprint density at radius 1 is 1.57 bits per heavy atom. The van der Waals surface area contributed by atoms with Crippen molar-refractivity contribution >= 4 is 5.78 Å². The van der Waals surface area contributed by atoms with Gasteiger partial charge in [0.1, 0.15) is 5.82 Å². The minimum absolute atomic E-state index is 0.148. The Balaban J connectivity index is 3.20. The molecular formula is C11H14FNO. The molecule has 0 saturated heterocycles. The molecule has 0 fully saturated rings. The van der Waals surface area contributed by atoms with E-state index in [1.54, 1.807) is 12.1 Å². The van der Waals surface area contributed by atoms with Crippen molar-refractivity contribution in [2.24, 2.45) is 5.73 Å². The van der Waals surface area contributed by atoms with Crippen LogP contribution in [0.25, 0.3) is 0 Å². The van der Waals surface area contributed by atoms with Gasteiger partial charge in [0.2, 0.25) is 0 Å². The van der Waals surface area contributed by atoms with Crippen molar-refractivity contribution < 1.29 is 9.18 Å². The monoisotopic (exact) mass is 195 g/mol. The fourth-order valence-electron chi connectivity index (χ4n) is 1.46. The highest BCUT2D eigenvalue weighted by atomic mass is 19.1. The summed E-state index contributed by atoms with van der Waals surface area (Å²) in [6.45, 7) is 3.25. The van der Waals surface area contributed by atoms with Crippen molar-refractivity contribution in [3.63, 3.8) is 0 Å². The zero-order valence-corrected chi connectivity index (χ0v) is 8.38. The smallest absolute Gasteiger partial charge is 0.150 e. The molecule has 0 amide bonds. The number of carbonyl (C=O) groups excluding carboxylic acids is 1. The largest absolute Gasteiger partial charge is 0.318 e. The molecule has 0 aliphatic rings. The number of halogens is 1. The number of Topliss-reactive ketones (excluding diaryl/α,β-unsaturated/α-hetero) is 1. The Kier molecular flexibility index (Phi) is 3.36. The molecule has 0 saturated carbocycles. The third-order valence-corrected chi connectivity index (χ3v) is 2.28. The molecule has 2 N–H and O–H groups in total. The van der Waals surface area contributed by atoms with Gasteiger partial charge in [-0.15, -0.1) is 0 Å². The molecule has 1 rings (SSSR count). The van der Waals surface area contributed by atoms with Crippen LogP contribution in [0.5, 0.6) is 0 Å². The Bertz CT molecular complexity index is 349. The van der Waals surface area contributed by atoms with Crippen molar-refractivity contribution in [3.05, 3.63) is 35.1 Å². The molecule has 1 aromatic carbocycles. The van der Waals surface area contributed by atoms with Crippen LogP contribution in [-0.2, 0) is 11.2 Å². The van der Waals surface area contributed by atoms with E-state index in [-0.39, 0.29) is 11.6 Å². The van der Waals surface area contributed by atoms with E-state index in [1.165, 1.54) is 13.0 Å². The molecule has 1 aromatic rings. The van der Waals surface area contributed by atoms with Crippen molar-refractivity contribution in [3.8, 4) is 0 Å². The highest BCUT2D eigenvalue weighted by Crippen LogP contribution is 2.20. The maximum absolute atomic E-state index is 13.3. The number of ketones is 1. The van der Waals surface area contributed by atoms with E-state index in [0.29, 0.717) is 17.5 Å². The summed E-state index contributed by atoms with van der Waals surface area (Å²) in [4.78, 5) is 11.1. The zero-order valence-electron chi connectivity index (χ0n) is 8.38. The molecule has 14 heavy (non-hydrogen) atoms. The minimum atomic E-state index is -0.708. The Labute approximate surface area is 82.9 Å². The fourth-order valence-corrected chi connectivity index (χ4v) is 1.46. The molecular weight excluding hydrogens is 181 g/mol. The lowest BCUT2D eigenvalue weighted by atomic mass is 9.96. The maximum atomic E-state index is 13.3. The predicted octanol–water partition coefficient (Wildman–Crippen LogP) is 1.98. The van der Waals surface area contributed by atoms with Gasteiger partial charge in [0, 0.05) is 0 Å². The number of carbonyl (C=O) groups is 1. The van der Waals surface area contributed by atoms with E-state index >= 15 is 0 Å². The summed E-state index contributed by atoms with van der Waals surface area (Å²) in [7, 11) is 0. The lowest BCUT2D eigenvalue weighted by Crippen LogP contribution is -2.20. The van der Waals surface area contributed by atoms with Gasteiger partial charge >= 0.3 is 0 Å². The second kappa shape index (κ2) is 4.33. The van der Waals surface area contributed by atoms with Crippen LogP contribution in [0.2, 0.25) is 0 Å². The summed E-state index contributed by atoms with van der Waals surface area (Å²) >= 11 is 0. The first kappa shape index (κ1) is 10.9. The average molecular weight is 195 g/mol. The van der Waals surface area contributed by atoms with Gasteiger partial charge in [-0.25, -0.2) is 4.39 Å². The van der Waals surface area contributed by atoms with Crippen LogP contribution < -0.4 is 5.73 Å². The zero-order chi connectivity index (χ0) is 10.7. The molecule has 1 atom stereocenters. The third kappa shape index (κ3) is 1.99. The molecule has 2 nitrogen and oxygen atoms in total. The van der Waals surface area contributed by atoms with E-state index in [0.717, 1.165) is 0 Å². The van der Waals surface area contributed by atoms with Gasteiger partial charge in [0.15, 0.2) is 5.78 Å². The van der Waals surface area contributed by atoms with Crippen molar-refractivity contribution in [2.75, 3.05) is 0 Å². The van der Waals surface area contributed by atoms with Gasteiger partial charge < -0.3 is 5.73 Å². The van der Waals surface area contributed by atoms with E-state index in [1.807, 2.05) is 6.92 Å². The lowest BCUT2D eigenvalue weighted by Gasteiger charge is -2.13. The fraction of sp³-hybridized carbons (Fsp3) is 0.364. The van der Waals surface area contributed by atoms with E-state index in [9.17, 15) is 9.18 Å². The van der Waals surface area contributed by atoms with Gasteiger partial charge in [-0.3, -0.25) is 4.79 Å². The molecule has 0 spiro atoms. The minimum Gasteiger partial charge on any atom is -0.318 e. The first-order valence-electron chi connectivity index (χ1n) is 4.61. The Morgan fingerprint density at radius 2 is 2.21 bits per heavy atom. The third-order valence-electron chi connectivity index (χ3n) is 2.28. The summed E-state index contributed by atoms with van der Waals surface area (Å²) in [5.74, 6) is -0.438. The molecule has 0 aromatic heterocycles. The van der Waals surface area contributed by atoms with Crippen molar-refractivity contribution in [1.29, 1.82) is 0 Å². The van der Waals surface area contributed by atoms with E-state index in [2.05, 4.69) is 0 Å². The average Bonchev–Trinajstić information content (AvgIpc) is 2.16. The SMILES string of the molecule is CCc1c(F)cccc1C(N)C(C)=O. The highest BCUT2D eigenvalue weighted by Gasteiger charge is 2.16. The number of nitrogens with two attached hydrogens (primary N) is 1. The van der Waals surface area contributed by atoms with Crippen LogP contribution >= 0.6 is 0 Å². The number of benzene rings is 1. The number of rotatable bonds is 3. The molecule has 3 heteroatoms. The van der Waals surface area contributed by atoms with Gasteiger partial charge in [0.05, 0.1) is 6.04 Å². The van der Waals surface area contributed by atoms with E-state index in [4.69, 9.17) is 5.73 Å². The van der Waals surface area contributed by atoms with Crippen molar-refractivity contribution in [2.45, 2.75) is 26.3 Å². The lowest BCUT2D eigenvalue weighted by molar-refractivity contribution is -0.118. The predicted molar refractivity (Wildman–Crippen MR) is 53.4 cm³/mol. The highest BCUT2D eigenvalue weighted by molar-refractivity contribution is 5.83. The first-order chi connectivity index (χ1) is 6.57. The first-order valence-corrected chi connectivity index (χ1v) is 4.61. The molecule has 1 unspecified atom stereocenters. The van der Waals surface area contributed by atoms with Crippen LogP contribution in [0.4, 0.5) is 4.39 Å². The molecule has 0 bridgehead atoms. The molecule has 0 radical (unpaired) electrons. The summed E-state index contributed by atoms with van der Waals surface area (Å²) in [5.41, 5.74) is 6.80. The summed E-state index contributed by atoms with van der Waals surface area (Å²) in [6.07, 6.45) is 0.545. The Hall–Kier alpha value is -1.22. The molecule has 0 heterocycles. The van der Waals surface area contributed by atoms with Crippen LogP contribution in [-0.4, -0.2) is 5.78 Å². The standard InChI is InChI=1S/C11H14FNO/c1-3-8-9(11(13)7(2)14)5-4-6-10(8)12/h4-6,11H,3,13H2,1-2H3. The van der Waals surface area contributed by atoms with Gasteiger partial charge in [-0.05, 0) is 30.5 Å². The molecule has 76 valence electrons. The van der Waals surface area contributed by atoms with Gasteiger partial charge in [0.25, 0.3) is 0 Å². The van der Waals surface area contributed by atoms with Crippen molar-refractivity contribution in [1.82, 2.24) is 0 Å². The van der Waals surface area contributed by atoms with Crippen LogP contribution in [0.15, 0.2) is 18.2 Å². The summed E-state index contributed by atoms with van der Waals surface area (Å²) in [6, 6.07) is 3.95. The second-order valence-electron chi connectivity index (χ2n) is 3.25. The number of hydrogen-bond donors (Lipinski definition) is 1. The Morgan fingerprint density at radius 3 is 2.71 bits per heavy atom. The number of hydrogen-bond acceptors (Lipinski definition) is 2. The molecule has 0 aliphatic heterocycles. The maximum Gasteiger partial charge on any atom is 0.150 e. The quantitative estimate of drug-likeness (QED) is 0.801.